The first-order valence-corrected chi connectivity index (χ1v) is 6.66. The van der Waals surface area contributed by atoms with Gasteiger partial charge < -0.3 is 10.1 Å². The third-order valence-corrected chi connectivity index (χ3v) is 2.89. The number of carbonyl (C=O) groups excluding carboxylic acids is 1. The fraction of sp³-hybridized carbons (Fsp3) is 0.333. The zero-order valence-corrected chi connectivity index (χ0v) is 11.3. The summed E-state index contributed by atoms with van der Waals surface area (Å²) in [5.41, 5.74) is 1.55. The molecule has 0 saturated heterocycles. The Hall–Kier alpha value is -2.02. The summed E-state index contributed by atoms with van der Waals surface area (Å²) >= 11 is 1.09. The molecule has 2 heterocycles. The van der Waals surface area contributed by atoms with Crippen LogP contribution in [-0.2, 0) is 4.79 Å². The number of amides is 1. The molecule has 0 spiro atoms. The monoisotopic (exact) mass is 278 g/mol. The number of aromatic nitrogens is 3. The van der Waals surface area contributed by atoms with Crippen molar-refractivity contribution in [3.05, 3.63) is 24.5 Å². The quantitative estimate of drug-likeness (QED) is 0.810. The highest BCUT2D eigenvalue weighted by Crippen LogP contribution is 2.26. The van der Waals surface area contributed by atoms with Gasteiger partial charge in [-0.15, -0.1) is 4.37 Å². The van der Waals surface area contributed by atoms with Crippen LogP contribution in [0.5, 0.6) is 5.88 Å². The van der Waals surface area contributed by atoms with E-state index in [1.807, 2.05) is 12.1 Å². The van der Waals surface area contributed by atoms with Gasteiger partial charge in [0, 0.05) is 24.4 Å². The van der Waals surface area contributed by atoms with Gasteiger partial charge in [-0.3, -0.25) is 9.78 Å². The molecule has 1 amide bonds. The molecule has 1 N–H and O–H groups in total. The third-order valence-electron chi connectivity index (χ3n) is 2.38. The maximum atomic E-state index is 11.1. The molecule has 0 unspecified atom stereocenters. The van der Waals surface area contributed by atoms with E-state index in [0.29, 0.717) is 31.1 Å². The number of ether oxygens (including phenoxy) is 1. The van der Waals surface area contributed by atoms with Crippen LogP contribution in [0.3, 0.4) is 0 Å². The van der Waals surface area contributed by atoms with Crippen molar-refractivity contribution in [2.75, 3.05) is 13.2 Å². The standard InChI is InChI=1S/C12H14N4O2S/c1-2-10(17)14-6-7-18-12-11(15-19-16-12)9-4-3-5-13-8-9/h3-5,8H,2,6-7H2,1H3,(H,14,17). The van der Waals surface area contributed by atoms with E-state index in [1.165, 1.54) is 0 Å². The molecule has 0 radical (unpaired) electrons. The molecule has 2 aromatic rings. The Morgan fingerprint density at radius 2 is 2.37 bits per heavy atom. The Bertz CT molecular complexity index is 530. The number of rotatable bonds is 6. The Balaban J connectivity index is 1.92. The van der Waals surface area contributed by atoms with Crippen molar-refractivity contribution in [3.63, 3.8) is 0 Å². The average molecular weight is 278 g/mol. The molecule has 0 atom stereocenters. The molecule has 0 aliphatic rings. The van der Waals surface area contributed by atoms with Gasteiger partial charge in [-0.25, -0.2) is 0 Å². The van der Waals surface area contributed by atoms with Crippen LogP contribution in [0.1, 0.15) is 13.3 Å². The second-order valence-corrected chi connectivity index (χ2v) is 4.24. The maximum Gasteiger partial charge on any atom is 0.254 e. The summed E-state index contributed by atoms with van der Waals surface area (Å²) in [6.45, 7) is 2.63. The van der Waals surface area contributed by atoms with Gasteiger partial charge in [-0.05, 0) is 12.1 Å². The summed E-state index contributed by atoms with van der Waals surface area (Å²) < 4.78 is 13.8. The number of nitrogens with zero attached hydrogens (tertiary/aromatic N) is 3. The minimum absolute atomic E-state index is 0.00693. The lowest BCUT2D eigenvalue weighted by Gasteiger charge is -2.05. The van der Waals surface area contributed by atoms with E-state index in [0.717, 1.165) is 17.3 Å². The summed E-state index contributed by atoms with van der Waals surface area (Å²) in [7, 11) is 0. The third kappa shape index (κ3) is 3.72. The van der Waals surface area contributed by atoms with Gasteiger partial charge in [0.25, 0.3) is 5.88 Å². The summed E-state index contributed by atoms with van der Waals surface area (Å²) in [4.78, 5) is 15.1. The first kappa shape index (κ1) is 13.4. The van der Waals surface area contributed by atoms with Gasteiger partial charge >= 0.3 is 0 Å². The van der Waals surface area contributed by atoms with Crippen LogP contribution >= 0.6 is 11.7 Å². The highest BCUT2D eigenvalue weighted by atomic mass is 32.1. The zero-order chi connectivity index (χ0) is 13.5. The van der Waals surface area contributed by atoms with E-state index in [-0.39, 0.29) is 5.91 Å². The molecule has 0 aliphatic heterocycles. The maximum absolute atomic E-state index is 11.1. The number of carbonyl (C=O) groups is 1. The van der Waals surface area contributed by atoms with Gasteiger partial charge in [0.2, 0.25) is 5.91 Å². The van der Waals surface area contributed by atoms with E-state index in [4.69, 9.17) is 4.74 Å². The molecular formula is C12H14N4O2S. The minimum atomic E-state index is 0.00693. The topological polar surface area (TPSA) is 77.0 Å². The van der Waals surface area contributed by atoms with Crippen molar-refractivity contribution in [1.29, 1.82) is 0 Å². The van der Waals surface area contributed by atoms with Crippen molar-refractivity contribution in [2.24, 2.45) is 0 Å². The lowest BCUT2D eigenvalue weighted by molar-refractivity contribution is -0.120. The number of pyridine rings is 1. The smallest absolute Gasteiger partial charge is 0.254 e. The van der Waals surface area contributed by atoms with Crippen molar-refractivity contribution in [1.82, 2.24) is 19.0 Å². The Kier molecular flexibility index (Phi) is 4.79. The molecule has 2 aromatic heterocycles. The molecule has 6 nitrogen and oxygen atoms in total. The van der Waals surface area contributed by atoms with Crippen molar-refractivity contribution >= 4 is 17.6 Å². The van der Waals surface area contributed by atoms with E-state index >= 15 is 0 Å². The van der Waals surface area contributed by atoms with Gasteiger partial charge in [-0.1, -0.05) is 6.92 Å². The number of hydrogen-bond acceptors (Lipinski definition) is 6. The van der Waals surface area contributed by atoms with E-state index in [1.54, 1.807) is 19.3 Å². The van der Waals surface area contributed by atoms with Crippen LogP contribution < -0.4 is 10.1 Å². The second kappa shape index (κ2) is 6.79. The van der Waals surface area contributed by atoms with Gasteiger partial charge in [0.15, 0.2) is 0 Å². The van der Waals surface area contributed by atoms with Crippen molar-refractivity contribution < 1.29 is 9.53 Å². The van der Waals surface area contributed by atoms with Gasteiger partial charge in [-0.2, -0.15) is 4.37 Å². The van der Waals surface area contributed by atoms with Crippen LogP contribution in [0.25, 0.3) is 11.3 Å². The molecule has 19 heavy (non-hydrogen) atoms. The minimum Gasteiger partial charge on any atom is -0.474 e. The number of hydrogen-bond donors (Lipinski definition) is 1. The Morgan fingerprint density at radius 1 is 1.47 bits per heavy atom. The van der Waals surface area contributed by atoms with E-state index in [9.17, 15) is 4.79 Å². The Morgan fingerprint density at radius 3 is 3.11 bits per heavy atom. The van der Waals surface area contributed by atoms with Crippen LogP contribution in [0.4, 0.5) is 0 Å². The molecule has 100 valence electrons. The molecule has 0 saturated carbocycles. The fourth-order valence-corrected chi connectivity index (χ4v) is 1.94. The zero-order valence-electron chi connectivity index (χ0n) is 10.5. The largest absolute Gasteiger partial charge is 0.474 e. The summed E-state index contributed by atoms with van der Waals surface area (Å²) in [5.74, 6) is 0.483. The molecular weight excluding hydrogens is 264 g/mol. The predicted octanol–water partition coefficient (Wildman–Crippen LogP) is 1.51. The lowest BCUT2D eigenvalue weighted by Crippen LogP contribution is -2.27. The van der Waals surface area contributed by atoms with Crippen molar-refractivity contribution in [3.8, 4) is 17.1 Å². The summed E-state index contributed by atoms with van der Waals surface area (Å²) in [6, 6.07) is 3.73. The predicted molar refractivity (Wildman–Crippen MR) is 71.9 cm³/mol. The number of nitrogens with one attached hydrogen (secondary N) is 1. The van der Waals surface area contributed by atoms with Crippen LogP contribution in [0.2, 0.25) is 0 Å². The summed E-state index contributed by atoms with van der Waals surface area (Å²) in [5, 5.41) is 2.73. The molecule has 0 aromatic carbocycles. The lowest BCUT2D eigenvalue weighted by atomic mass is 10.2. The van der Waals surface area contributed by atoms with E-state index in [2.05, 4.69) is 19.0 Å². The SMILES string of the molecule is CCC(=O)NCCOc1nsnc1-c1cccnc1. The van der Waals surface area contributed by atoms with Crippen LogP contribution in [-0.4, -0.2) is 32.8 Å². The first-order valence-electron chi connectivity index (χ1n) is 5.93. The summed E-state index contributed by atoms with van der Waals surface area (Å²) in [6.07, 6.45) is 3.88. The molecule has 0 aliphatic carbocycles. The van der Waals surface area contributed by atoms with Gasteiger partial charge in [0.05, 0.1) is 18.3 Å². The Labute approximate surface area is 115 Å². The first-order chi connectivity index (χ1) is 9.31. The fourth-order valence-electron chi connectivity index (χ4n) is 1.42. The molecule has 2 rings (SSSR count). The van der Waals surface area contributed by atoms with Crippen LogP contribution in [0.15, 0.2) is 24.5 Å². The normalized spacial score (nSPS) is 10.2. The van der Waals surface area contributed by atoms with Gasteiger partial charge in [0.1, 0.15) is 12.3 Å². The second-order valence-electron chi connectivity index (χ2n) is 3.71. The molecule has 0 bridgehead atoms. The highest BCUT2D eigenvalue weighted by molar-refractivity contribution is 6.99. The molecule has 7 heteroatoms. The van der Waals surface area contributed by atoms with Crippen molar-refractivity contribution in [2.45, 2.75) is 13.3 Å². The highest BCUT2D eigenvalue weighted by Gasteiger charge is 2.11. The van der Waals surface area contributed by atoms with Crippen LogP contribution in [0, 0.1) is 0 Å². The average Bonchev–Trinajstić information content (AvgIpc) is 2.92. The molecule has 0 fully saturated rings. The van der Waals surface area contributed by atoms with E-state index < -0.39 is 0 Å².